The molecule has 0 unspecified atom stereocenters. The first kappa shape index (κ1) is 15.6. The van der Waals surface area contributed by atoms with Gasteiger partial charge in [-0.05, 0) is 41.5 Å². The molecular weight excluding hydrogens is 284 g/mol. The van der Waals surface area contributed by atoms with Crippen molar-refractivity contribution in [2.75, 3.05) is 14.2 Å². The van der Waals surface area contributed by atoms with Crippen LogP contribution in [0.5, 0.6) is 11.5 Å². The Morgan fingerprint density at radius 1 is 1.23 bits per heavy atom. The number of methoxy groups -OCH3 is 2. The summed E-state index contributed by atoms with van der Waals surface area (Å²) in [4.78, 5) is 22.7. The molecule has 1 heterocycles. The summed E-state index contributed by atoms with van der Waals surface area (Å²) in [6, 6.07) is 6.69. The van der Waals surface area contributed by atoms with Crippen LogP contribution in [0.15, 0.2) is 41.0 Å². The van der Waals surface area contributed by atoms with Gasteiger partial charge in [0.2, 0.25) is 5.78 Å². The second kappa shape index (κ2) is 7.26. The van der Waals surface area contributed by atoms with E-state index in [1.807, 2.05) is 0 Å². The summed E-state index contributed by atoms with van der Waals surface area (Å²) in [7, 11) is 3.05. The first-order valence-electron chi connectivity index (χ1n) is 6.64. The lowest BCUT2D eigenvalue weighted by Gasteiger charge is -2.11. The molecule has 0 atom stereocenters. The van der Waals surface area contributed by atoms with Gasteiger partial charge in [0.1, 0.15) is 6.29 Å². The third-order valence-electron chi connectivity index (χ3n) is 3.13. The molecule has 22 heavy (non-hydrogen) atoms. The van der Waals surface area contributed by atoms with Gasteiger partial charge in [0.05, 0.1) is 20.5 Å². The average molecular weight is 300 g/mol. The zero-order chi connectivity index (χ0) is 15.9. The van der Waals surface area contributed by atoms with Gasteiger partial charge in [0, 0.05) is 6.42 Å². The van der Waals surface area contributed by atoms with Crippen LogP contribution in [-0.4, -0.2) is 26.3 Å². The van der Waals surface area contributed by atoms with Crippen molar-refractivity contribution in [2.45, 2.75) is 6.42 Å². The van der Waals surface area contributed by atoms with Crippen molar-refractivity contribution in [3.8, 4) is 11.5 Å². The van der Waals surface area contributed by atoms with Crippen LogP contribution < -0.4 is 9.47 Å². The Kier molecular flexibility index (Phi) is 5.14. The van der Waals surface area contributed by atoms with E-state index in [0.29, 0.717) is 17.1 Å². The molecule has 2 rings (SSSR count). The number of rotatable bonds is 7. The quantitative estimate of drug-likeness (QED) is 0.447. The molecule has 0 aliphatic heterocycles. The smallest absolute Gasteiger partial charge is 0.221 e. The van der Waals surface area contributed by atoms with Gasteiger partial charge in [0.25, 0.3) is 0 Å². The lowest BCUT2D eigenvalue weighted by atomic mass is 10.0. The maximum Gasteiger partial charge on any atom is 0.221 e. The molecule has 2 aromatic rings. The highest BCUT2D eigenvalue weighted by Gasteiger charge is 2.10. The molecule has 0 saturated carbocycles. The molecular formula is C17H16O5. The fourth-order valence-electron chi connectivity index (χ4n) is 2.02. The third-order valence-corrected chi connectivity index (χ3v) is 3.13. The Morgan fingerprint density at radius 2 is 1.95 bits per heavy atom. The van der Waals surface area contributed by atoms with Crippen LogP contribution in [-0.2, 0) is 11.2 Å². The van der Waals surface area contributed by atoms with Gasteiger partial charge in [-0.3, -0.25) is 4.79 Å². The number of benzene rings is 1. The van der Waals surface area contributed by atoms with Gasteiger partial charge in [-0.1, -0.05) is 6.08 Å². The van der Waals surface area contributed by atoms with E-state index in [9.17, 15) is 9.59 Å². The number of hydrogen-bond acceptors (Lipinski definition) is 5. The van der Waals surface area contributed by atoms with Gasteiger partial charge in [-0.15, -0.1) is 0 Å². The van der Waals surface area contributed by atoms with Crippen LogP contribution in [0, 0.1) is 0 Å². The van der Waals surface area contributed by atoms with Gasteiger partial charge in [0.15, 0.2) is 17.3 Å². The largest absolute Gasteiger partial charge is 0.493 e. The highest BCUT2D eigenvalue weighted by atomic mass is 16.5. The summed E-state index contributed by atoms with van der Waals surface area (Å²) in [6.45, 7) is 0. The normalized spacial score (nSPS) is 10.6. The van der Waals surface area contributed by atoms with Crippen molar-refractivity contribution in [1.82, 2.24) is 0 Å². The van der Waals surface area contributed by atoms with E-state index in [1.165, 1.54) is 26.6 Å². The molecule has 0 aliphatic carbocycles. The predicted octanol–water partition coefficient (Wildman–Crippen LogP) is 2.93. The zero-order valence-electron chi connectivity index (χ0n) is 12.4. The highest BCUT2D eigenvalue weighted by Crippen LogP contribution is 2.31. The molecule has 0 radical (unpaired) electrons. The Bertz CT molecular complexity index is 683. The molecule has 0 spiro atoms. The first-order chi connectivity index (χ1) is 10.7. The second-order valence-corrected chi connectivity index (χ2v) is 4.45. The van der Waals surface area contributed by atoms with E-state index in [1.54, 1.807) is 30.3 Å². The molecule has 0 saturated heterocycles. The fraction of sp³-hybridized carbons (Fsp3) is 0.176. The first-order valence-corrected chi connectivity index (χ1v) is 6.64. The Balaban J connectivity index is 2.35. The second-order valence-electron chi connectivity index (χ2n) is 4.45. The lowest BCUT2D eigenvalue weighted by molar-refractivity contribution is -0.107. The molecule has 0 amide bonds. The molecule has 0 bridgehead atoms. The molecule has 114 valence electrons. The number of allylic oxidation sites excluding steroid dienone is 1. The number of ether oxygens (including phenoxy) is 2. The monoisotopic (exact) mass is 300 g/mol. The summed E-state index contributed by atoms with van der Waals surface area (Å²) >= 11 is 0. The van der Waals surface area contributed by atoms with E-state index in [2.05, 4.69) is 0 Å². The molecule has 5 heteroatoms. The summed E-state index contributed by atoms with van der Waals surface area (Å²) in [5.74, 6) is 1.07. The van der Waals surface area contributed by atoms with Crippen LogP contribution in [0.1, 0.15) is 21.7 Å². The molecule has 5 nitrogen and oxygen atoms in total. The SMILES string of the molecule is COc1cc(/C=C/C(=O)c2ccco2)c(CC=O)cc1OC. The Labute approximate surface area is 128 Å². The van der Waals surface area contributed by atoms with Crippen molar-refractivity contribution >= 4 is 18.1 Å². The zero-order valence-corrected chi connectivity index (χ0v) is 12.4. The van der Waals surface area contributed by atoms with Gasteiger partial charge >= 0.3 is 0 Å². The summed E-state index contributed by atoms with van der Waals surface area (Å²) < 4.78 is 15.5. The molecule has 0 fully saturated rings. The van der Waals surface area contributed by atoms with Gasteiger partial charge < -0.3 is 18.7 Å². The average Bonchev–Trinajstić information content (AvgIpc) is 3.07. The van der Waals surface area contributed by atoms with Crippen molar-refractivity contribution in [3.63, 3.8) is 0 Å². The number of aldehydes is 1. The summed E-state index contributed by atoms with van der Waals surface area (Å²) in [5, 5.41) is 0. The van der Waals surface area contributed by atoms with Crippen LogP contribution in [0.2, 0.25) is 0 Å². The van der Waals surface area contributed by atoms with Gasteiger partial charge in [-0.25, -0.2) is 0 Å². The van der Waals surface area contributed by atoms with Gasteiger partial charge in [-0.2, -0.15) is 0 Å². The van der Waals surface area contributed by atoms with Crippen molar-refractivity contribution in [1.29, 1.82) is 0 Å². The standard InChI is InChI=1S/C17H16O5/c1-20-16-10-12(13(7-8-18)11-17(16)21-2)5-6-14(19)15-4-3-9-22-15/h3-6,8-11H,7H2,1-2H3/b6-5+. The minimum absolute atomic E-state index is 0.217. The fourth-order valence-corrected chi connectivity index (χ4v) is 2.02. The van der Waals surface area contributed by atoms with Crippen LogP contribution in [0.25, 0.3) is 6.08 Å². The van der Waals surface area contributed by atoms with Crippen LogP contribution in [0.3, 0.4) is 0 Å². The van der Waals surface area contributed by atoms with Crippen molar-refractivity contribution in [2.24, 2.45) is 0 Å². The molecule has 0 aliphatic rings. The topological polar surface area (TPSA) is 65.7 Å². The third kappa shape index (κ3) is 3.44. The lowest BCUT2D eigenvalue weighted by Crippen LogP contribution is -1.97. The maximum atomic E-state index is 11.9. The maximum absolute atomic E-state index is 11.9. The summed E-state index contributed by atoms with van der Waals surface area (Å²) in [5.41, 5.74) is 1.46. The van der Waals surface area contributed by atoms with E-state index >= 15 is 0 Å². The number of carbonyl (C=O) groups is 2. The Morgan fingerprint density at radius 3 is 2.55 bits per heavy atom. The van der Waals surface area contributed by atoms with Crippen LogP contribution in [0.4, 0.5) is 0 Å². The molecule has 1 aromatic heterocycles. The molecule has 0 N–H and O–H groups in total. The number of carbonyl (C=O) groups excluding carboxylic acids is 2. The minimum atomic E-state index is -0.253. The number of furan rings is 1. The number of ketones is 1. The van der Waals surface area contributed by atoms with E-state index in [0.717, 1.165) is 11.8 Å². The summed E-state index contributed by atoms with van der Waals surface area (Å²) in [6.07, 6.45) is 5.48. The van der Waals surface area contributed by atoms with Crippen molar-refractivity contribution in [3.05, 3.63) is 53.5 Å². The van der Waals surface area contributed by atoms with E-state index in [4.69, 9.17) is 13.9 Å². The Hall–Kier alpha value is -2.82. The minimum Gasteiger partial charge on any atom is -0.493 e. The molecule has 1 aromatic carbocycles. The van der Waals surface area contributed by atoms with E-state index < -0.39 is 0 Å². The van der Waals surface area contributed by atoms with E-state index in [-0.39, 0.29) is 18.0 Å². The number of hydrogen-bond donors (Lipinski definition) is 0. The highest BCUT2D eigenvalue weighted by molar-refractivity contribution is 6.05. The predicted molar refractivity (Wildman–Crippen MR) is 81.4 cm³/mol. The van der Waals surface area contributed by atoms with Crippen molar-refractivity contribution < 1.29 is 23.5 Å². The van der Waals surface area contributed by atoms with Crippen LogP contribution >= 0.6 is 0 Å².